The van der Waals surface area contributed by atoms with Crippen LogP contribution in [-0.2, 0) is 6.54 Å². The van der Waals surface area contributed by atoms with Crippen molar-refractivity contribution in [2.24, 2.45) is 0 Å². The van der Waals surface area contributed by atoms with Crippen LogP contribution in [0.25, 0.3) is 39.4 Å². The average Bonchev–Trinajstić information content (AvgIpc) is 3.29. The van der Waals surface area contributed by atoms with Crippen molar-refractivity contribution in [1.82, 2.24) is 14.5 Å². The lowest BCUT2D eigenvalue weighted by atomic mass is 10.2. The zero-order valence-corrected chi connectivity index (χ0v) is 13.3. The van der Waals surface area contributed by atoms with Gasteiger partial charge in [0, 0.05) is 24.3 Å². The van der Waals surface area contributed by atoms with Crippen molar-refractivity contribution in [1.29, 1.82) is 0 Å². The summed E-state index contributed by atoms with van der Waals surface area (Å²) in [7, 11) is 0. The fourth-order valence-corrected chi connectivity index (χ4v) is 3.78. The van der Waals surface area contributed by atoms with E-state index in [0.717, 1.165) is 45.9 Å². The number of pyridine rings is 2. The first-order valence-electron chi connectivity index (χ1n) is 8.22. The third-order valence-corrected chi connectivity index (χ3v) is 4.84. The monoisotopic (exact) mass is 325 g/mol. The maximum atomic E-state index is 6.37. The summed E-state index contributed by atoms with van der Waals surface area (Å²) in [5, 5.41) is 0. The molecule has 0 amide bonds. The van der Waals surface area contributed by atoms with Crippen molar-refractivity contribution in [3.8, 4) is 17.1 Å². The molecule has 0 saturated carbocycles. The Morgan fingerprint density at radius 3 is 2.84 bits per heavy atom. The maximum absolute atomic E-state index is 6.37. The predicted octanol–water partition coefficient (Wildman–Crippen LogP) is 3.48. The molecular formula is C20H13N4O+. The van der Waals surface area contributed by atoms with Gasteiger partial charge in [0.05, 0.1) is 16.6 Å². The number of hydrogen-bond acceptors (Lipinski definition) is 3. The zero-order valence-electron chi connectivity index (χ0n) is 13.3. The van der Waals surface area contributed by atoms with Gasteiger partial charge in [0.2, 0.25) is 0 Å². The van der Waals surface area contributed by atoms with Crippen molar-refractivity contribution in [2.45, 2.75) is 6.54 Å². The molecule has 5 heteroatoms. The van der Waals surface area contributed by atoms with E-state index in [1.54, 1.807) is 0 Å². The Morgan fingerprint density at radius 2 is 1.92 bits per heavy atom. The van der Waals surface area contributed by atoms with Crippen molar-refractivity contribution in [3.05, 3.63) is 72.7 Å². The van der Waals surface area contributed by atoms with E-state index in [1.807, 2.05) is 48.9 Å². The Balaban J connectivity index is 1.78. The highest BCUT2D eigenvalue weighted by molar-refractivity contribution is 6.01. The highest BCUT2D eigenvalue weighted by Gasteiger charge is 2.38. The summed E-state index contributed by atoms with van der Waals surface area (Å²) in [6.07, 6.45) is 5.55. The number of oxazole rings is 1. The molecule has 0 spiro atoms. The van der Waals surface area contributed by atoms with E-state index < -0.39 is 0 Å². The number of benzene rings is 1. The van der Waals surface area contributed by atoms with Gasteiger partial charge >= 0.3 is 5.89 Å². The second kappa shape index (κ2) is 4.54. The van der Waals surface area contributed by atoms with Crippen LogP contribution in [0.3, 0.4) is 0 Å². The van der Waals surface area contributed by atoms with E-state index in [0.29, 0.717) is 0 Å². The van der Waals surface area contributed by atoms with Gasteiger partial charge in [-0.15, -0.1) is 4.57 Å². The van der Waals surface area contributed by atoms with Crippen LogP contribution in [0, 0.1) is 0 Å². The van der Waals surface area contributed by atoms with Crippen molar-refractivity contribution in [3.63, 3.8) is 0 Å². The van der Waals surface area contributed by atoms with E-state index in [1.165, 1.54) is 5.56 Å². The van der Waals surface area contributed by atoms with Crippen LogP contribution in [0.5, 0.6) is 0 Å². The van der Waals surface area contributed by atoms with Crippen molar-refractivity contribution >= 4 is 22.3 Å². The Bertz CT molecular complexity index is 1270. The topological polar surface area (TPSA) is 47.7 Å². The lowest BCUT2D eigenvalue weighted by Gasteiger charge is -2.03. The zero-order chi connectivity index (χ0) is 16.4. The lowest BCUT2D eigenvalue weighted by molar-refractivity contribution is -0.648. The van der Waals surface area contributed by atoms with Gasteiger partial charge in [0.25, 0.3) is 11.2 Å². The summed E-state index contributed by atoms with van der Waals surface area (Å²) in [6.45, 7) is 0.760. The quantitative estimate of drug-likeness (QED) is 0.435. The number of nitrogens with zero attached hydrogens (tertiary/aromatic N) is 4. The highest BCUT2D eigenvalue weighted by Crippen LogP contribution is 2.36. The standard InChI is InChI=1S/C20H13N4O/c1-2-5-14(6-3-1)24-16-7-4-9-22-17(16)18-20(24)25-19-15-8-10-21-11-13(15)12-23(18)19/h1-11H,12H2/q+1. The van der Waals surface area contributed by atoms with Crippen LogP contribution in [-0.4, -0.2) is 14.5 Å². The molecule has 1 aliphatic rings. The first-order chi connectivity index (χ1) is 12.4. The number of fused-ring (bicyclic) bond motifs is 7. The van der Waals surface area contributed by atoms with Crippen LogP contribution in [0.2, 0.25) is 0 Å². The minimum atomic E-state index is 0.760. The molecule has 118 valence electrons. The molecule has 1 aromatic carbocycles. The van der Waals surface area contributed by atoms with Gasteiger partial charge in [0.15, 0.2) is 12.1 Å². The minimum Gasteiger partial charge on any atom is -0.380 e. The number of aromatic nitrogens is 4. The second-order valence-electron chi connectivity index (χ2n) is 6.22. The highest BCUT2D eigenvalue weighted by atomic mass is 16.4. The molecule has 4 aromatic heterocycles. The van der Waals surface area contributed by atoms with E-state index in [-0.39, 0.29) is 0 Å². The minimum absolute atomic E-state index is 0.760. The molecule has 25 heavy (non-hydrogen) atoms. The fraction of sp³-hybridized carbons (Fsp3) is 0.0500. The SMILES string of the molecule is c1ccc(-n2c3cccnc3c3c2oc2[n+]3Cc3cnccc3-2)cc1. The Kier molecular flexibility index (Phi) is 2.34. The molecule has 0 saturated heterocycles. The molecule has 0 fully saturated rings. The number of rotatable bonds is 1. The summed E-state index contributed by atoms with van der Waals surface area (Å²) in [6, 6.07) is 16.3. The van der Waals surface area contributed by atoms with Crippen LogP contribution >= 0.6 is 0 Å². The molecule has 0 unspecified atom stereocenters. The van der Waals surface area contributed by atoms with Gasteiger partial charge in [-0.05, 0) is 30.3 Å². The Labute approximate surface area is 142 Å². The van der Waals surface area contributed by atoms with E-state index in [2.05, 4.69) is 37.3 Å². The number of hydrogen-bond donors (Lipinski definition) is 0. The molecule has 5 nitrogen and oxygen atoms in total. The van der Waals surface area contributed by atoms with Gasteiger partial charge < -0.3 is 4.42 Å². The molecule has 0 atom stereocenters. The molecule has 5 heterocycles. The van der Waals surface area contributed by atoms with Gasteiger partial charge in [-0.25, -0.2) is 4.98 Å². The van der Waals surface area contributed by atoms with Crippen LogP contribution in [0.4, 0.5) is 0 Å². The second-order valence-corrected chi connectivity index (χ2v) is 6.22. The summed E-state index contributed by atoms with van der Waals surface area (Å²) in [4.78, 5) is 8.89. The first-order valence-corrected chi connectivity index (χ1v) is 8.22. The summed E-state index contributed by atoms with van der Waals surface area (Å²) >= 11 is 0. The van der Waals surface area contributed by atoms with Crippen LogP contribution < -0.4 is 4.57 Å². The van der Waals surface area contributed by atoms with E-state index in [9.17, 15) is 0 Å². The largest absolute Gasteiger partial charge is 0.383 e. The van der Waals surface area contributed by atoms with Crippen molar-refractivity contribution in [2.75, 3.05) is 0 Å². The average molecular weight is 325 g/mol. The molecule has 5 aromatic rings. The normalized spacial score (nSPS) is 12.6. The first kappa shape index (κ1) is 12.9. The van der Waals surface area contributed by atoms with E-state index >= 15 is 0 Å². The number of para-hydroxylation sites is 1. The Hall–Kier alpha value is -3.47. The fourth-order valence-electron chi connectivity index (χ4n) is 3.78. The predicted molar refractivity (Wildman–Crippen MR) is 93.4 cm³/mol. The van der Waals surface area contributed by atoms with Crippen LogP contribution in [0.15, 0.2) is 71.5 Å². The molecule has 0 N–H and O–H groups in total. The summed E-state index contributed by atoms with van der Waals surface area (Å²) < 4.78 is 10.7. The molecule has 0 bridgehead atoms. The molecule has 1 aliphatic heterocycles. The third kappa shape index (κ3) is 1.59. The third-order valence-electron chi connectivity index (χ3n) is 4.84. The van der Waals surface area contributed by atoms with Crippen molar-refractivity contribution < 1.29 is 8.98 Å². The van der Waals surface area contributed by atoms with Gasteiger partial charge in [-0.3, -0.25) is 9.55 Å². The Morgan fingerprint density at radius 1 is 1.00 bits per heavy atom. The molecule has 0 aliphatic carbocycles. The van der Waals surface area contributed by atoms with Gasteiger partial charge in [-0.1, -0.05) is 18.2 Å². The molecule has 0 radical (unpaired) electrons. The van der Waals surface area contributed by atoms with E-state index in [4.69, 9.17) is 4.42 Å². The molecular weight excluding hydrogens is 312 g/mol. The maximum Gasteiger partial charge on any atom is 0.383 e. The van der Waals surface area contributed by atoms with Crippen LogP contribution in [0.1, 0.15) is 5.56 Å². The lowest BCUT2D eigenvalue weighted by Crippen LogP contribution is -2.30. The van der Waals surface area contributed by atoms with Gasteiger partial charge in [-0.2, -0.15) is 0 Å². The van der Waals surface area contributed by atoms with Gasteiger partial charge in [0.1, 0.15) is 0 Å². The summed E-state index contributed by atoms with van der Waals surface area (Å²) in [5.41, 5.74) is 7.22. The molecule has 6 rings (SSSR count). The summed E-state index contributed by atoms with van der Waals surface area (Å²) in [5.74, 6) is 0.875. The smallest absolute Gasteiger partial charge is 0.380 e.